The molecule has 1 aliphatic heterocycles. The van der Waals surface area contributed by atoms with Crippen molar-refractivity contribution in [3.63, 3.8) is 0 Å². The summed E-state index contributed by atoms with van der Waals surface area (Å²) in [6.45, 7) is 6.64. The van der Waals surface area contributed by atoms with Crippen LogP contribution >= 0.6 is 11.3 Å². The van der Waals surface area contributed by atoms with Crippen molar-refractivity contribution >= 4 is 17.2 Å². The van der Waals surface area contributed by atoms with E-state index in [0.29, 0.717) is 12.5 Å². The second kappa shape index (κ2) is 7.94. The second-order valence-electron chi connectivity index (χ2n) is 6.61. The van der Waals surface area contributed by atoms with Crippen LogP contribution in [0.2, 0.25) is 0 Å². The Balaban J connectivity index is 1.49. The van der Waals surface area contributed by atoms with Crippen molar-refractivity contribution in [2.24, 2.45) is 0 Å². The van der Waals surface area contributed by atoms with Crippen molar-refractivity contribution in [3.8, 4) is 0 Å². The molecule has 2 aromatic heterocycles. The van der Waals surface area contributed by atoms with Crippen LogP contribution in [0.25, 0.3) is 0 Å². The molecule has 3 heterocycles. The summed E-state index contributed by atoms with van der Waals surface area (Å²) in [4.78, 5) is 16.1. The number of amides is 1. The number of thiophene rings is 1. The SMILES string of the molecule is Cc1cc([C@@H]2CCCN([C@H](C)C(=O)NCCc3cccs3)C2)n[nH]1. The number of nitrogens with one attached hydrogen (secondary N) is 2. The van der Waals surface area contributed by atoms with Gasteiger partial charge in [0.25, 0.3) is 0 Å². The highest BCUT2D eigenvalue weighted by Crippen LogP contribution is 2.27. The maximum atomic E-state index is 12.4. The van der Waals surface area contributed by atoms with E-state index in [-0.39, 0.29) is 11.9 Å². The fourth-order valence-corrected chi connectivity index (χ4v) is 4.03. The first-order valence-electron chi connectivity index (χ1n) is 8.69. The van der Waals surface area contributed by atoms with E-state index in [2.05, 4.69) is 44.0 Å². The summed E-state index contributed by atoms with van der Waals surface area (Å²) >= 11 is 1.74. The van der Waals surface area contributed by atoms with Gasteiger partial charge in [-0.2, -0.15) is 5.10 Å². The van der Waals surface area contributed by atoms with Crippen LogP contribution in [0, 0.1) is 6.92 Å². The van der Waals surface area contributed by atoms with E-state index < -0.39 is 0 Å². The quantitative estimate of drug-likeness (QED) is 0.845. The molecule has 0 spiro atoms. The number of likely N-dealkylation sites (tertiary alicyclic amines) is 1. The first-order valence-corrected chi connectivity index (χ1v) is 9.57. The normalized spacial score (nSPS) is 20.0. The van der Waals surface area contributed by atoms with E-state index in [1.165, 1.54) is 4.88 Å². The minimum Gasteiger partial charge on any atom is -0.354 e. The lowest BCUT2D eigenvalue weighted by atomic mass is 9.93. The number of hydrogen-bond donors (Lipinski definition) is 2. The molecular weight excluding hydrogens is 320 g/mol. The maximum Gasteiger partial charge on any atom is 0.237 e. The van der Waals surface area contributed by atoms with E-state index in [1.54, 1.807) is 11.3 Å². The van der Waals surface area contributed by atoms with E-state index in [0.717, 1.165) is 43.7 Å². The number of hydrogen-bond acceptors (Lipinski definition) is 4. The molecular formula is C18H26N4OS. The number of aryl methyl sites for hydroxylation is 1. The van der Waals surface area contributed by atoms with Crippen molar-refractivity contribution in [2.75, 3.05) is 19.6 Å². The van der Waals surface area contributed by atoms with E-state index in [4.69, 9.17) is 0 Å². The summed E-state index contributed by atoms with van der Waals surface area (Å²) in [5.41, 5.74) is 2.23. The Hall–Kier alpha value is -1.66. The lowest BCUT2D eigenvalue weighted by Crippen LogP contribution is -2.49. The minimum atomic E-state index is -0.0869. The lowest BCUT2D eigenvalue weighted by molar-refractivity contribution is -0.126. The summed E-state index contributed by atoms with van der Waals surface area (Å²) in [7, 11) is 0. The molecule has 2 atom stereocenters. The highest BCUT2D eigenvalue weighted by molar-refractivity contribution is 7.09. The fraction of sp³-hybridized carbons (Fsp3) is 0.556. The van der Waals surface area contributed by atoms with Crippen molar-refractivity contribution in [1.82, 2.24) is 20.4 Å². The number of aromatic amines is 1. The highest BCUT2D eigenvalue weighted by atomic mass is 32.1. The van der Waals surface area contributed by atoms with Crippen LogP contribution in [-0.4, -0.2) is 46.7 Å². The van der Waals surface area contributed by atoms with Gasteiger partial charge >= 0.3 is 0 Å². The fourth-order valence-electron chi connectivity index (χ4n) is 3.33. The van der Waals surface area contributed by atoms with Gasteiger partial charge < -0.3 is 5.32 Å². The molecule has 0 aliphatic carbocycles. The van der Waals surface area contributed by atoms with Gasteiger partial charge in [-0.25, -0.2) is 0 Å². The summed E-state index contributed by atoms with van der Waals surface area (Å²) in [6, 6.07) is 6.20. The second-order valence-corrected chi connectivity index (χ2v) is 7.64. The number of aromatic nitrogens is 2. The molecule has 0 radical (unpaired) electrons. The smallest absolute Gasteiger partial charge is 0.237 e. The maximum absolute atomic E-state index is 12.4. The summed E-state index contributed by atoms with van der Waals surface area (Å²) in [6.07, 6.45) is 3.17. The molecule has 6 heteroatoms. The molecule has 24 heavy (non-hydrogen) atoms. The number of carbonyl (C=O) groups is 1. The molecule has 1 amide bonds. The van der Waals surface area contributed by atoms with Crippen molar-refractivity contribution in [2.45, 2.75) is 45.1 Å². The third-order valence-electron chi connectivity index (χ3n) is 4.77. The summed E-state index contributed by atoms with van der Waals surface area (Å²) in [5, 5.41) is 12.6. The zero-order chi connectivity index (χ0) is 16.9. The third-order valence-corrected chi connectivity index (χ3v) is 5.71. The summed E-state index contributed by atoms with van der Waals surface area (Å²) < 4.78 is 0. The van der Waals surface area contributed by atoms with Gasteiger partial charge in [-0.1, -0.05) is 6.07 Å². The molecule has 5 nitrogen and oxygen atoms in total. The van der Waals surface area contributed by atoms with Crippen LogP contribution in [0.1, 0.15) is 41.9 Å². The molecule has 2 aromatic rings. The molecule has 2 N–H and O–H groups in total. The van der Waals surface area contributed by atoms with Crippen LogP contribution in [0.4, 0.5) is 0 Å². The van der Waals surface area contributed by atoms with Gasteiger partial charge in [0.2, 0.25) is 5.91 Å². The Morgan fingerprint density at radius 2 is 2.46 bits per heavy atom. The Bertz CT molecular complexity index is 652. The number of carbonyl (C=O) groups excluding carboxylic acids is 1. The largest absolute Gasteiger partial charge is 0.354 e. The summed E-state index contributed by atoms with van der Waals surface area (Å²) in [5.74, 6) is 0.551. The van der Waals surface area contributed by atoms with Gasteiger partial charge in [-0.05, 0) is 57.2 Å². The third kappa shape index (κ3) is 4.24. The number of nitrogens with zero attached hydrogens (tertiary/aromatic N) is 2. The van der Waals surface area contributed by atoms with Crippen LogP contribution in [0.5, 0.6) is 0 Å². The van der Waals surface area contributed by atoms with Crippen LogP contribution in [0.15, 0.2) is 23.6 Å². The standard InChI is InChI=1S/C18H26N4OS/c1-13-11-17(21-20-13)15-5-3-9-22(12-15)14(2)18(23)19-8-7-16-6-4-10-24-16/h4,6,10-11,14-15H,3,5,7-9,12H2,1-2H3,(H,19,23)(H,20,21)/t14-,15-/m1/s1. The average molecular weight is 347 g/mol. The molecule has 3 rings (SSSR count). The van der Waals surface area contributed by atoms with E-state index in [1.807, 2.05) is 13.8 Å². The van der Waals surface area contributed by atoms with Gasteiger partial charge in [0.1, 0.15) is 0 Å². The molecule has 0 unspecified atom stereocenters. The van der Waals surface area contributed by atoms with Crippen molar-refractivity contribution in [3.05, 3.63) is 39.8 Å². The van der Waals surface area contributed by atoms with Gasteiger partial charge in [0.05, 0.1) is 11.7 Å². The average Bonchev–Trinajstić information content (AvgIpc) is 3.26. The molecule has 1 aliphatic rings. The van der Waals surface area contributed by atoms with Gasteiger partial charge in [0, 0.05) is 29.6 Å². The Kier molecular flexibility index (Phi) is 5.68. The van der Waals surface area contributed by atoms with Crippen LogP contribution in [0.3, 0.4) is 0 Å². The zero-order valence-electron chi connectivity index (χ0n) is 14.4. The molecule has 0 bridgehead atoms. The predicted octanol–water partition coefficient (Wildman–Crippen LogP) is 2.71. The Labute approximate surface area is 147 Å². The van der Waals surface area contributed by atoms with Gasteiger partial charge in [-0.3, -0.25) is 14.8 Å². The van der Waals surface area contributed by atoms with Crippen LogP contribution < -0.4 is 5.32 Å². The highest BCUT2D eigenvalue weighted by Gasteiger charge is 2.28. The number of rotatable bonds is 6. The van der Waals surface area contributed by atoms with Crippen molar-refractivity contribution in [1.29, 1.82) is 0 Å². The molecule has 1 saturated heterocycles. The van der Waals surface area contributed by atoms with E-state index >= 15 is 0 Å². The molecule has 0 aromatic carbocycles. The molecule has 0 saturated carbocycles. The molecule has 1 fully saturated rings. The Morgan fingerprint density at radius 1 is 1.58 bits per heavy atom. The minimum absolute atomic E-state index is 0.0869. The molecule has 130 valence electrons. The predicted molar refractivity (Wildman–Crippen MR) is 97.4 cm³/mol. The first-order chi connectivity index (χ1) is 11.6. The van der Waals surface area contributed by atoms with Gasteiger partial charge in [-0.15, -0.1) is 11.3 Å². The topological polar surface area (TPSA) is 61.0 Å². The lowest BCUT2D eigenvalue weighted by Gasteiger charge is -2.35. The number of H-pyrrole nitrogens is 1. The Morgan fingerprint density at radius 3 is 3.17 bits per heavy atom. The van der Waals surface area contributed by atoms with Gasteiger partial charge in [0.15, 0.2) is 0 Å². The number of piperidine rings is 1. The monoisotopic (exact) mass is 346 g/mol. The van der Waals surface area contributed by atoms with Crippen molar-refractivity contribution < 1.29 is 4.79 Å². The zero-order valence-corrected chi connectivity index (χ0v) is 15.2. The van der Waals surface area contributed by atoms with E-state index in [9.17, 15) is 4.79 Å². The first kappa shape index (κ1) is 17.2. The van der Waals surface area contributed by atoms with Crippen LogP contribution in [-0.2, 0) is 11.2 Å².